The Balaban J connectivity index is 2.25. The molecule has 13 heavy (non-hydrogen) atoms. The number of rotatable bonds is 5. The monoisotopic (exact) mass is 185 g/mol. The molecule has 4 nitrogen and oxygen atoms in total. The fraction of sp³-hybridized carbons (Fsp3) is 0.889. The summed E-state index contributed by atoms with van der Waals surface area (Å²) in [5, 5.41) is 3.40. The number of nitrogens with two attached hydrogens (primary N) is 1. The summed E-state index contributed by atoms with van der Waals surface area (Å²) >= 11 is 0. The lowest BCUT2D eigenvalue weighted by molar-refractivity contribution is -0.119. The first kappa shape index (κ1) is 10.5. The highest BCUT2D eigenvalue weighted by Crippen LogP contribution is 2.06. The number of nitrogens with zero attached hydrogens (tertiary/aromatic N) is 1. The van der Waals surface area contributed by atoms with E-state index in [0.717, 1.165) is 19.6 Å². The molecule has 1 aliphatic heterocycles. The summed E-state index contributed by atoms with van der Waals surface area (Å²) in [6.45, 7) is 5.38. The number of hydrogen-bond acceptors (Lipinski definition) is 3. The van der Waals surface area contributed by atoms with Crippen molar-refractivity contribution in [2.45, 2.75) is 25.8 Å². The van der Waals surface area contributed by atoms with Gasteiger partial charge in [-0.2, -0.15) is 0 Å². The van der Waals surface area contributed by atoms with Crippen LogP contribution in [0.5, 0.6) is 0 Å². The summed E-state index contributed by atoms with van der Waals surface area (Å²) in [7, 11) is 0. The van der Waals surface area contributed by atoms with Crippen molar-refractivity contribution in [1.29, 1.82) is 0 Å². The Labute approximate surface area is 79.5 Å². The van der Waals surface area contributed by atoms with Gasteiger partial charge in [0.05, 0.1) is 6.54 Å². The van der Waals surface area contributed by atoms with Crippen molar-refractivity contribution in [3.8, 4) is 0 Å². The molecule has 1 rings (SSSR count). The van der Waals surface area contributed by atoms with Crippen LogP contribution in [0.4, 0.5) is 0 Å². The van der Waals surface area contributed by atoms with E-state index >= 15 is 0 Å². The third-order valence-electron chi connectivity index (χ3n) is 2.47. The lowest BCUT2D eigenvalue weighted by Crippen LogP contribution is -2.41. The summed E-state index contributed by atoms with van der Waals surface area (Å²) < 4.78 is 0. The molecule has 1 saturated heterocycles. The van der Waals surface area contributed by atoms with Gasteiger partial charge in [0.25, 0.3) is 0 Å². The third-order valence-corrected chi connectivity index (χ3v) is 2.47. The van der Waals surface area contributed by atoms with Gasteiger partial charge in [0, 0.05) is 12.6 Å². The zero-order valence-electron chi connectivity index (χ0n) is 8.25. The molecule has 0 aromatic carbocycles. The van der Waals surface area contributed by atoms with E-state index in [0.29, 0.717) is 12.6 Å². The van der Waals surface area contributed by atoms with Gasteiger partial charge in [-0.1, -0.05) is 6.92 Å². The van der Waals surface area contributed by atoms with Crippen LogP contribution >= 0.6 is 0 Å². The van der Waals surface area contributed by atoms with Gasteiger partial charge in [0.2, 0.25) is 5.91 Å². The van der Waals surface area contributed by atoms with Gasteiger partial charge >= 0.3 is 0 Å². The van der Waals surface area contributed by atoms with E-state index in [-0.39, 0.29) is 5.91 Å². The zero-order chi connectivity index (χ0) is 9.68. The smallest absolute Gasteiger partial charge is 0.231 e. The molecule has 3 N–H and O–H groups in total. The largest absolute Gasteiger partial charge is 0.369 e. The Bertz CT molecular complexity index is 166. The van der Waals surface area contributed by atoms with Gasteiger partial charge in [0.15, 0.2) is 0 Å². The van der Waals surface area contributed by atoms with Crippen LogP contribution in [-0.2, 0) is 4.79 Å². The lowest BCUT2D eigenvalue weighted by atomic mass is 10.2. The molecule has 4 heteroatoms. The maximum absolute atomic E-state index is 10.7. The average molecular weight is 185 g/mol. The maximum Gasteiger partial charge on any atom is 0.231 e. The molecule has 0 aromatic rings. The van der Waals surface area contributed by atoms with Crippen LogP contribution in [-0.4, -0.2) is 43.0 Å². The van der Waals surface area contributed by atoms with Crippen molar-refractivity contribution in [3.05, 3.63) is 0 Å². The van der Waals surface area contributed by atoms with Crippen LogP contribution in [0, 0.1) is 0 Å². The van der Waals surface area contributed by atoms with Crippen LogP contribution in [0.15, 0.2) is 0 Å². The normalized spacial score (nSPS) is 22.5. The minimum Gasteiger partial charge on any atom is -0.369 e. The van der Waals surface area contributed by atoms with Crippen LogP contribution in [0.25, 0.3) is 0 Å². The molecule has 0 bridgehead atoms. The summed E-state index contributed by atoms with van der Waals surface area (Å²) in [4.78, 5) is 12.8. The van der Waals surface area contributed by atoms with Crippen LogP contribution in [0.2, 0.25) is 0 Å². The molecule has 0 unspecified atom stereocenters. The van der Waals surface area contributed by atoms with E-state index in [1.807, 2.05) is 0 Å². The molecule has 1 atom stereocenters. The van der Waals surface area contributed by atoms with Crippen molar-refractivity contribution in [2.75, 3.05) is 26.2 Å². The highest BCUT2D eigenvalue weighted by molar-refractivity contribution is 5.75. The van der Waals surface area contributed by atoms with Gasteiger partial charge in [-0.3, -0.25) is 9.69 Å². The minimum absolute atomic E-state index is 0.236. The predicted molar refractivity (Wildman–Crippen MR) is 52.3 cm³/mol. The number of nitrogens with one attached hydrogen (secondary N) is 1. The molecule has 0 aliphatic carbocycles. The predicted octanol–water partition coefficient (Wildman–Crippen LogP) is -0.454. The van der Waals surface area contributed by atoms with Crippen LogP contribution in [0.3, 0.4) is 0 Å². The second-order valence-corrected chi connectivity index (χ2v) is 3.59. The second kappa shape index (κ2) is 5.19. The molecule has 0 spiro atoms. The number of amides is 1. The number of carbonyl (C=O) groups excluding carboxylic acids is 1. The molecule has 1 fully saturated rings. The number of likely N-dealkylation sites (N-methyl/N-ethyl adjacent to an activating group) is 1. The standard InChI is InChI=1S/C9H19N3O/c1-2-12(7-9(10)13)6-8-4-3-5-11-8/h8,11H,2-7H2,1H3,(H2,10,13)/t8-/m0/s1. The van der Waals surface area contributed by atoms with Gasteiger partial charge < -0.3 is 11.1 Å². The second-order valence-electron chi connectivity index (χ2n) is 3.59. The fourth-order valence-corrected chi connectivity index (χ4v) is 1.75. The molecule has 0 saturated carbocycles. The summed E-state index contributed by atoms with van der Waals surface area (Å²) in [5.74, 6) is -0.236. The van der Waals surface area contributed by atoms with E-state index in [2.05, 4.69) is 17.1 Å². The highest BCUT2D eigenvalue weighted by Gasteiger charge is 2.17. The van der Waals surface area contributed by atoms with Crippen molar-refractivity contribution in [3.63, 3.8) is 0 Å². The Morgan fingerprint density at radius 1 is 1.69 bits per heavy atom. The molecule has 1 amide bonds. The number of carbonyl (C=O) groups is 1. The van der Waals surface area contributed by atoms with Gasteiger partial charge in [0.1, 0.15) is 0 Å². The lowest BCUT2D eigenvalue weighted by Gasteiger charge is -2.22. The summed E-state index contributed by atoms with van der Waals surface area (Å²) in [6, 6.07) is 0.555. The SMILES string of the molecule is CCN(CC(N)=O)C[C@@H]1CCCN1. The van der Waals surface area contributed by atoms with Crippen LogP contribution < -0.4 is 11.1 Å². The maximum atomic E-state index is 10.7. The summed E-state index contributed by atoms with van der Waals surface area (Å²) in [6.07, 6.45) is 2.47. The van der Waals surface area contributed by atoms with Gasteiger partial charge in [-0.15, -0.1) is 0 Å². The average Bonchev–Trinajstić information content (AvgIpc) is 2.55. The fourth-order valence-electron chi connectivity index (χ4n) is 1.75. The summed E-state index contributed by atoms with van der Waals surface area (Å²) in [5.41, 5.74) is 5.14. The molecule has 0 aromatic heterocycles. The van der Waals surface area contributed by atoms with E-state index in [9.17, 15) is 4.79 Å². The van der Waals surface area contributed by atoms with E-state index < -0.39 is 0 Å². The highest BCUT2D eigenvalue weighted by atomic mass is 16.1. The number of hydrogen-bond donors (Lipinski definition) is 2. The molecule has 76 valence electrons. The first-order valence-corrected chi connectivity index (χ1v) is 4.96. The minimum atomic E-state index is -0.236. The Hall–Kier alpha value is -0.610. The zero-order valence-corrected chi connectivity index (χ0v) is 8.25. The van der Waals surface area contributed by atoms with Crippen molar-refractivity contribution < 1.29 is 4.79 Å². The van der Waals surface area contributed by atoms with Gasteiger partial charge in [-0.25, -0.2) is 0 Å². The molecule has 1 heterocycles. The Kier molecular flexibility index (Phi) is 4.18. The molecular weight excluding hydrogens is 166 g/mol. The quantitative estimate of drug-likeness (QED) is 0.609. The Morgan fingerprint density at radius 2 is 2.46 bits per heavy atom. The third kappa shape index (κ3) is 3.74. The van der Waals surface area contributed by atoms with Gasteiger partial charge in [-0.05, 0) is 25.9 Å². The molecule has 0 radical (unpaired) electrons. The first-order valence-electron chi connectivity index (χ1n) is 4.96. The number of primary amides is 1. The van der Waals surface area contributed by atoms with Crippen molar-refractivity contribution >= 4 is 5.91 Å². The first-order chi connectivity index (χ1) is 6.22. The van der Waals surface area contributed by atoms with E-state index in [4.69, 9.17) is 5.73 Å². The van der Waals surface area contributed by atoms with E-state index in [1.165, 1.54) is 12.8 Å². The molecule has 1 aliphatic rings. The van der Waals surface area contributed by atoms with E-state index in [1.54, 1.807) is 0 Å². The molecular formula is C9H19N3O. The van der Waals surface area contributed by atoms with Crippen LogP contribution in [0.1, 0.15) is 19.8 Å². The Morgan fingerprint density at radius 3 is 2.92 bits per heavy atom. The van der Waals surface area contributed by atoms with Crippen molar-refractivity contribution in [2.24, 2.45) is 5.73 Å². The van der Waals surface area contributed by atoms with Crippen molar-refractivity contribution in [1.82, 2.24) is 10.2 Å². The topological polar surface area (TPSA) is 58.4 Å².